The van der Waals surface area contributed by atoms with Gasteiger partial charge in [0.25, 0.3) is 15.9 Å². The number of ether oxygens (including phenoxy) is 2. The monoisotopic (exact) mass is 559 g/mol. The molecular formula is C25H26BrN3O5S. The highest BCUT2D eigenvalue weighted by Crippen LogP contribution is 2.28. The van der Waals surface area contributed by atoms with Crippen LogP contribution < -0.4 is 19.2 Å². The summed E-state index contributed by atoms with van der Waals surface area (Å²) in [6.45, 7) is 3.13. The number of hydrogen-bond acceptors (Lipinski definition) is 6. The Hall–Kier alpha value is -3.37. The molecule has 0 spiro atoms. The Labute approximate surface area is 213 Å². The molecule has 0 unspecified atom stereocenters. The van der Waals surface area contributed by atoms with Crippen molar-refractivity contribution in [3.05, 3.63) is 82.3 Å². The fraction of sp³-hybridized carbons (Fsp3) is 0.200. The van der Waals surface area contributed by atoms with E-state index in [2.05, 4.69) is 26.5 Å². The Kier molecular flexibility index (Phi) is 8.52. The predicted molar refractivity (Wildman–Crippen MR) is 140 cm³/mol. The van der Waals surface area contributed by atoms with Crippen LogP contribution in [0.3, 0.4) is 0 Å². The summed E-state index contributed by atoms with van der Waals surface area (Å²) in [6.07, 6.45) is 0. The molecule has 0 aromatic heterocycles. The molecule has 0 aliphatic rings. The molecule has 0 radical (unpaired) electrons. The third-order valence-corrected chi connectivity index (χ3v) is 7.48. The van der Waals surface area contributed by atoms with E-state index in [4.69, 9.17) is 9.47 Å². The molecule has 0 atom stereocenters. The zero-order valence-corrected chi connectivity index (χ0v) is 22.2. The molecule has 0 bridgehead atoms. The van der Waals surface area contributed by atoms with Crippen LogP contribution in [0.1, 0.15) is 18.1 Å². The summed E-state index contributed by atoms with van der Waals surface area (Å²) in [6, 6.07) is 18.4. The molecule has 0 heterocycles. The number of hydrazone groups is 1. The van der Waals surface area contributed by atoms with Gasteiger partial charge in [-0.1, -0.05) is 33.6 Å². The summed E-state index contributed by atoms with van der Waals surface area (Å²) in [7, 11) is -0.937. The number of hydrogen-bond donors (Lipinski definition) is 1. The number of carbonyl (C=O) groups excluding carboxylic acids is 1. The molecule has 3 aromatic carbocycles. The van der Waals surface area contributed by atoms with Crippen LogP contribution in [0.4, 0.5) is 5.69 Å². The number of nitrogens with zero attached hydrogens (tertiary/aromatic N) is 2. The third kappa shape index (κ3) is 6.40. The van der Waals surface area contributed by atoms with Crippen LogP contribution in [0, 0.1) is 6.92 Å². The topological polar surface area (TPSA) is 97.3 Å². The summed E-state index contributed by atoms with van der Waals surface area (Å²) in [5.41, 5.74) is 4.95. The molecule has 0 saturated carbocycles. The Morgan fingerprint density at radius 1 is 0.971 bits per heavy atom. The highest BCUT2D eigenvalue weighted by Gasteiger charge is 2.27. The normalized spacial score (nSPS) is 11.6. The maximum absolute atomic E-state index is 13.4. The molecule has 0 saturated heterocycles. The van der Waals surface area contributed by atoms with Crippen molar-refractivity contribution >= 4 is 43.3 Å². The second kappa shape index (κ2) is 11.4. The molecule has 8 nitrogen and oxygen atoms in total. The molecule has 3 aromatic rings. The van der Waals surface area contributed by atoms with Crippen LogP contribution >= 0.6 is 15.9 Å². The van der Waals surface area contributed by atoms with Gasteiger partial charge in [-0.05, 0) is 68.4 Å². The van der Waals surface area contributed by atoms with E-state index in [1.807, 2.05) is 6.92 Å². The second-order valence-corrected chi connectivity index (χ2v) is 10.4. The van der Waals surface area contributed by atoms with Crippen LogP contribution in [-0.2, 0) is 14.8 Å². The SMILES string of the molecule is COc1ccc(/C(C)=N\NC(=O)CN(c2ccc(Br)cc2)S(=O)(=O)c2ccc(C)cc2)cc1OC. The van der Waals surface area contributed by atoms with Gasteiger partial charge in [0.2, 0.25) is 0 Å². The summed E-state index contributed by atoms with van der Waals surface area (Å²) in [5, 5.41) is 4.14. The summed E-state index contributed by atoms with van der Waals surface area (Å²) in [5.74, 6) is 0.499. The Morgan fingerprint density at radius 3 is 2.20 bits per heavy atom. The first-order chi connectivity index (χ1) is 16.6. The van der Waals surface area contributed by atoms with Crippen molar-refractivity contribution in [3.8, 4) is 11.5 Å². The minimum Gasteiger partial charge on any atom is -0.493 e. The number of sulfonamides is 1. The smallest absolute Gasteiger partial charge is 0.264 e. The summed E-state index contributed by atoms with van der Waals surface area (Å²) < 4.78 is 39.2. The van der Waals surface area contributed by atoms with Crippen LogP contribution in [0.5, 0.6) is 11.5 Å². The first-order valence-corrected chi connectivity index (χ1v) is 12.8. The molecule has 3 rings (SSSR count). The molecule has 0 fully saturated rings. The largest absolute Gasteiger partial charge is 0.493 e. The van der Waals surface area contributed by atoms with E-state index in [0.29, 0.717) is 28.5 Å². The van der Waals surface area contributed by atoms with Crippen LogP contribution in [0.15, 0.2) is 81.2 Å². The number of halogens is 1. The molecule has 10 heteroatoms. The fourth-order valence-corrected chi connectivity index (χ4v) is 4.88. The minimum absolute atomic E-state index is 0.0869. The first-order valence-electron chi connectivity index (χ1n) is 10.6. The predicted octanol–water partition coefficient (Wildman–Crippen LogP) is 4.51. The Balaban J connectivity index is 1.85. The lowest BCUT2D eigenvalue weighted by molar-refractivity contribution is -0.119. The van der Waals surface area contributed by atoms with Crippen LogP contribution in [-0.4, -0.2) is 40.8 Å². The third-order valence-electron chi connectivity index (χ3n) is 5.16. The van der Waals surface area contributed by atoms with E-state index >= 15 is 0 Å². The van der Waals surface area contributed by atoms with Crippen LogP contribution in [0.25, 0.3) is 0 Å². The highest BCUT2D eigenvalue weighted by molar-refractivity contribution is 9.10. The first kappa shape index (κ1) is 26.2. The van der Waals surface area contributed by atoms with E-state index in [-0.39, 0.29) is 4.90 Å². The molecule has 0 aliphatic heterocycles. The van der Waals surface area contributed by atoms with Crippen molar-refractivity contribution < 1.29 is 22.7 Å². The highest BCUT2D eigenvalue weighted by atomic mass is 79.9. The zero-order valence-electron chi connectivity index (χ0n) is 19.8. The second-order valence-electron chi connectivity index (χ2n) is 7.60. The number of rotatable bonds is 9. The standard InChI is InChI=1S/C25H26BrN3O5S/c1-17-5-12-22(13-6-17)35(31,32)29(21-10-8-20(26)9-11-21)16-25(30)28-27-18(2)19-7-14-23(33-3)24(15-19)34-4/h5-15H,16H2,1-4H3,(H,28,30)/b27-18-. The lowest BCUT2D eigenvalue weighted by Crippen LogP contribution is -2.39. The van der Waals surface area contributed by atoms with E-state index in [1.165, 1.54) is 19.2 Å². The summed E-state index contributed by atoms with van der Waals surface area (Å²) >= 11 is 3.35. The van der Waals surface area contributed by atoms with Gasteiger partial charge in [0.1, 0.15) is 6.54 Å². The number of carbonyl (C=O) groups is 1. The number of benzene rings is 3. The van der Waals surface area contributed by atoms with Crippen molar-refractivity contribution in [3.63, 3.8) is 0 Å². The maximum atomic E-state index is 13.4. The van der Waals surface area contributed by atoms with Crippen molar-refractivity contribution in [1.82, 2.24) is 5.43 Å². The average molecular weight is 560 g/mol. The molecule has 1 N–H and O–H groups in total. The molecular weight excluding hydrogens is 534 g/mol. The van der Waals surface area contributed by atoms with Crippen molar-refractivity contribution in [2.75, 3.05) is 25.1 Å². The van der Waals surface area contributed by atoms with E-state index in [0.717, 1.165) is 14.3 Å². The van der Waals surface area contributed by atoms with Crippen molar-refractivity contribution in [1.29, 1.82) is 0 Å². The summed E-state index contributed by atoms with van der Waals surface area (Å²) in [4.78, 5) is 12.9. The lowest BCUT2D eigenvalue weighted by Gasteiger charge is -2.24. The van der Waals surface area contributed by atoms with Gasteiger partial charge in [-0.15, -0.1) is 0 Å². The van der Waals surface area contributed by atoms with Crippen molar-refractivity contribution in [2.24, 2.45) is 5.10 Å². The van der Waals surface area contributed by atoms with E-state index < -0.39 is 22.5 Å². The lowest BCUT2D eigenvalue weighted by atomic mass is 10.1. The molecule has 35 heavy (non-hydrogen) atoms. The average Bonchev–Trinajstić information content (AvgIpc) is 2.86. The Morgan fingerprint density at radius 2 is 1.60 bits per heavy atom. The number of amides is 1. The number of anilines is 1. The Bertz CT molecular complexity index is 1320. The van der Waals surface area contributed by atoms with Gasteiger partial charge in [-0.2, -0.15) is 5.10 Å². The van der Waals surface area contributed by atoms with Gasteiger partial charge in [0.05, 0.1) is 30.5 Å². The number of methoxy groups -OCH3 is 2. The molecule has 184 valence electrons. The van der Waals surface area contributed by atoms with Crippen LogP contribution in [0.2, 0.25) is 0 Å². The van der Waals surface area contributed by atoms with Gasteiger partial charge in [-0.3, -0.25) is 9.10 Å². The molecule has 1 amide bonds. The number of aryl methyl sites for hydroxylation is 1. The molecule has 0 aliphatic carbocycles. The van der Waals surface area contributed by atoms with Gasteiger partial charge < -0.3 is 9.47 Å². The van der Waals surface area contributed by atoms with Crippen molar-refractivity contribution in [2.45, 2.75) is 18.7 Å². The number of nitrogens with one attached hydrogen (secondary N) is 1. The van der Waals surface area contributed by atoms with Gasteiger partial charge in [-0.25, -0.2) is 13.8 Å². The van der Waals surface area contributed by atoms with Gasteiger partial charge in [0, 0.05) is 10.0 Å². The minimum atomic E-state index is -4.01. The quantitative estimate of drug-likeness (QED) is 0.307. The zero-order chi connectivity index (χ0) is 25.6. The van der Waals surface area contributed by atoms with Gasteiger partial charge >= 0.3 is 0 Å². The fourth-order valence-electron chi connectivity index (χ4n) is 3.20. The van der Waals surface area contributed by atoms with Gasteiger partial charge in [0.15, 0.2) is 11.5 Å². The maximum Gasteiger partial charge on any atom is 0.264 e. The van der Waals surface area contributed by atoms with E-state index in [1.54, 1.807) is 68.6 Å². The van der Waals surface area contributed by atoms with E-state index in [9.17, 15) is 13.2 Å².